The number of fused-ring (bicyclic) bond motifs is 3. The number of nitrogens with zero attached hydrogens (tertiary/aromatic N) is 2. The molecular formula is C25H31N3O2. The standard InChI is InChI=1S/C25H31N3O2/c1-16-17(2)28(18(3)29)24-12-9-20(27-14-21-10-11-22(15-27)30-21)13-23(24)25(16)26-19-7-5-4-6-8-19/h4-9,12-13,16-17,21-22,25-26H,10-11,14-15H2,1-3H3/t16-,17-,21-,22+,25+/m0/s1. The second-order valence-corrected chi connectivity index (χ2v) is 9.08. The Labute approximate surface area is 179 Å². The van der Waals surface area contributed by atoms with Crippen LogP contribution in [0.3, 0.4) is 0 Å². The van der Waals surface area contributed by atoms with Gasteiger partial charge in [-0.25, -0.2) is 0 Å². The zero-order chi connectivity index (χ0) is 20.8. The van der Waals surface area contributed by atoms with Crippen LogP contribution in [0, 0.1) is 5.92 Å². The molecule has 0 aliphatic carbocycles. The van der Waals surface area contributed by atoms with Gasteiger partial charge in [0.2, 0.25) is 5.91 Å². The fourth-order valence-electron chi connectivity index (χ4n) is 5.43. The summed E-state index contributed by atoms with van der Waals surface area (Å²) in [7, 11) is 0. The topological polar surface area (TPSA) is 44.8 Å². The Morgan fingerprint density at radius 3 is 2.40 bits per heavy atom. The van der Waals surface area contributed by atoms with Crippen molar-refractivity contribution in [3.05, 3.63) is 54.1 Å². The van der Waals surface area contributed by atoms with E-state index in [1.165, 1.54) is 11.3 Å². The van der Waals surface area contributed by atoms with Crippen molar-refractivity contribution in [1.29, 1.82) is 0 Å². The highest BCUT2D eigenvalue weighted by molar-refractivity contribution is 5.94. The van der Waals surface area contributed by atoms with E-state index < -0.39 is 0 Å². The summed E-state index contributed by atoms with van der Waals surface area (Å²) >= 11 is 0. The minimum atomic E-state index is 0.103. The van der Waals surface area contributed by atoms with Crippen LogP contribution in [0.25, 0.3) is 0 Å². The second-order valence-electron chi connectivity index (χ2n) is 9.08. The number of rotatable bonds is 3. The van der Waals surface area contributed by atoms with Gasteiger partial charge in [0.05, 0.1) is 18.2 Å². The summed E-state index contributed by atoms with van der Waals surface area (Å²) in [5.41, 5.74) is 4.58. The Balaban J connectivity index is 1.54. The molecule has 0 saturated carbocycles. The van der Waals surface area contributed by atoms with Crippen molar-refractivity contribution in [2.75, 3.05) is 28.2 Å². The number of carbonyl (C=O) groups is 1. The normalized spacial score (nSPS) is 30.2. The molecule has 3 heterocycles. The Kier molecular flexibility index (Phi) is 4.94. The third-order valence-corrected chi connectivity index (χ3v) is 7.14. The lowest BCUT2D eigenvalue weighted by Gasteiger charge is -2.45. The van der Waals surface area contributed by atoms with Gasteiger partial charge in [-0.2, -0.15) is 0 Å². The van der Waals surface area contributed by atoms with Gasteiger partial charge in [-0.3, -0.25) is 4.79 Å². The minimum absolute atomic E-state index is 0.103. The summed E-state index contributed by atoms with van der Waals surface area (Å²) in [4.78, 5) is 17.0. The molecule has 30 heavy (non-hydrogen) atoms. The third kappa shape index (κ3) is 3.35. The van der Waals surface area contributed by atoms with Gasteiger partial charge in [0.25, 0.3) is 0 Å². The van der Waals surface area contributed by atoms with Crippen molar-refractivity contribution in [1.82, 2.24) is 0 Å². The van der Waals surface area contributed by atoms with Crippen LogP contribution >= 0.6 is 0 Å². The fraction of sp³-hybridized carbons (Fsp3) is 0.480. The molecule has 2 aromatic carbocycles. The highest BCUT2D eigenvalue weighted by atomic mass is 16.5. The van der Waals surface area contributed by atoms with E-state index in [-0.39, 0.29) is 23.9 Å². The largest absolute Gasteiger partial charge is 0.378 e. The zero-order valence-corrected chi connectivity index (χ0v) is 18.0. The molecule has 5 atom stereocenters. The monoisotopic (exact) mass is 405 g/mol. The molecule has 3 aliphatic heterocycles. The average Bonchev–Trinajstić information content (AvgIpc) is 3.09. The number of benzene rings is 2. The molecule has 5 nitrogen and oxygen atoms in total. The van der Waals surface area contributed by atoms with Gasteiger partial charge in [-0.15, -0.1) is 0 Å². The lowest BCUT2D eigenvalue weighted by molar-refractivity contribution is -0.117. The molecule has 2 saturated heterocycles. The molecule has 158 valence electrons. The number of morpholine rings is 1. The summed E-state index contributed by atoms with van der Waals surface area (Å²) in [5.74, 6) is 0.378. The molecule has 5 rings (SSSR count). The highest BCUT2D eigenvalue weighted by Gasteiger charge is 2.39. The van der Waals surface area contributed by atoms with E-state index in [1.54, 1.807) is 6.92 Å². The van der Waals surface area contributed by atoms with Gasteiger partial charge in [0.1, 0.15) is 0 Å². The van der Waals surface area contributed by atoms with Crippen LogP contribution in [0.2, 0.25) is 0 Å². The van der Waals surface area contributed by atoms with Gasteiger partial charge < -0.3 is 19.9 Å². The van der Waals surface area contributed by atoms with Gasteiger partial charge in [-0.1, -0.05) is 25.1 Å². The molecule has 0 radical (unpaired) electrons. The molecule has 1 N–H and O–H groups in total. The SMILES string of the molecule is CC(=O)N1c2ccc(N3C[C@H]4CC[C@@H](C3)O4)cc2[C@H](Nc2ccccc2)[C@@H](C)[C@@H]1C. The summed E-state index contributed by atoms with van der Waals surface area (Å²) in [6.07, 6.45) is 3.03. The van der Waals surface area contributed by atoms with E-state index in [9.17, 15) is 4.79 Å². The Bertz CT molecular complexity index is 919. The molecule has 2 fully saturated rings. The van der Waals surface area contributed by atoms with Crippen LogP contribution in [-0.2, 0) is 9.53 Å². The molecule has 0 aromatic heterocycles. The average molecular weight is 406 g/mol. The Morgan fingerprint density at radius 1 is 1.03 bits per heavy atom. The van der Waals surface area contributed by atoms with Gasteiger partial charge in [-0.05, 0) is 50.1 Å². The number of amides is 1. The molecule has 2 aromatic rings. The maximum atomic E-state index is 12.5. The van der Waals surface area contributed by atoms with Crippen molar-refractivity contribution < 1.29 is 9.53 Å². The van der Waals surface area contributed by atoms with E-state index in [4.69, 9.17) is 4.74 Å². The molecule has 0 unspecified atom stereocenters. The number of anilines is 3. The highest BCUT2D eigenvalue weighted by Crippen LogP contribution is 2.44. The maximum absolute atomic E-state index is 12.5. The van der Waals surface area contributed by atoms with Crippen LogP contribution in [0.5, 0.6) is 0 Å². The second kappa shape index (κ2) is 7.62. The Hall–Kier alpha value is -2.53. The minimum Gasteiger partial charge on any atom is -0.378 e. The van der Waals surface area contributed by atoms with E-state index in [0.717, 1.165) is 37.3 Å². The smallest absolute Gasteiger partial charge is 0.224 e. The first-order chi connectivity index (χ1) is 14.5. The molecule has 1 amide bonds. The quantitative estimate of drug-likeness (QED) is 0.811. The van der Waals surface area contributed by atoms with Crippen LogP contribution in [0.1, 0.15) is 45.2 Å². The molecule has 5 heteroatoms. The van der Waals surface area contributed by atoms with Crippen molar-refractivity contribution in [3.63, 3.8) is 0 Å². The fourth-order valence-corrected chi connectivity index (χ4v) is 5.43. The number of carbonyl (C=O) groups excluding carboxylic acids is 1. The number of hydrogen-bond donors (Lipinski definition) is 1. The van der Waals surface area contributed by atoms with E-state index in [1.807, 2.05) is 11.0 Å². The Morgan fingerprint density at radius 2 is 1.73 bits per heavy atom. The van der Waals surface area contributed by atoms with Gasteiger partial charge >= 0.3 is 0 Å². The van der Waals surface area contributed by atoms with E-state index in [2.05, 4.69) is 66.5 Å². The van der Waals surface area contributed by atoms with Crippen molar-refractivity contribution in [2.24, 2.45) is 5.92 Å². The first kappa shape index (κ1) is 19.4. The van der Waals surface area contributed by atoms with E-state index in [0.29, 0.717) is 12.2 Å². The molecule has 2 bridgehead atoms. The number of ether oxygens (including phenoxy) is 1. The van der Waals surface area contributed by atoms with E-state index >= 15 is 0 Å². The summed E-state index contributed by atoms with van der Waals surface area (Å²) < 4.78 is 6.03. The number of para-hydroxylation sites is 1. The molecule has 3 aliphatic rings. The summed E-state index contributed by atoms with van der Waals surface area (Å²) in [5, 5.41) is 3.76. The van der Waals surface area contributed by atoms with Crippen LogP contribution in [0.15, 0.2) is 48.5 Å². The van der Waals surface area contributed by atoms with Crippen molar-refractivity contribution >= 4 is 23.0 Å². The third-order valence-electron chi connectivity index (χ3n) is 7.14. The summed E-state index contributed by atoms with van der Waals surface area (Å²) in [6.45, 7) is 7.97. The predicted molar refractivity (Wildman–Crippen MR) is 121 cm³/mol. The number of nitrogens with one attached hydrogen (secondary N) is 1. The lowest BCUT2D eigenvalue weighted by Crippen LogP contribution is -2.48. The van der Waals surface area contributed by atoms with Crippen molar-refractivity contribution in [3.8, 4) is 0 Å². The number of hydrogen-bond acceptors (Lipinski definition) is 4. The van der Waals surface area contributed by atoms with Crippen LogP contribution in [-0.4, -0.2) is 37.2 Å². The first-order valence-electron chi connectivity index (χ1n) is 11.2. The van der Waals surface area contributed by atoms with Crippen molar-refractivity contribution in [2.45, 2.75) is 57.9 Å². The van der Waals surface area contributed by atoms with Crippen LogP contribution in [0.4, 0.5) is 17.1 Å². The van der Waals surface area contributed by atoms with Crippen LogP contribution < -0.4 is 15.1 Å². The zero-order valence-electron chi connectivity index (χ0n) is 18.0. The first-order valence-corrected chi connectivity index (χ1v) is 11.2. The lowest BCUT2D eigenvalue weighted by atomic mass is 9.82. The molecular weight excluding hydrogens is 374 g/mol. The molecule has 0 spiro atoms. The summed E-state index contributed by atoms with van der Waals surface area (Å²) in [6, 6.07) is 17.3. The van der Waals surface area contributed by atoms with Gasteiger partial charge in [0, 0.05) is 54.6 Å². The predicted octanol–water partition coefficient (Wildman–Crippen LogP) is 4.60. The maximum Gasteiger partial charge on any atom is 0.224 e. The van der Waals surface area contributed by atoms with Gasteiger partial charge in [0.15, 0.2) is 0 Å².